The van der Waals surface area contributed by atoms with Gasteiger partial charge < -0.3 is 14.2 Å². The lowest BCUT2D eigenvalue weighted by atomic mass is 10.0. The molecule has 1 fully saturated rings. The number of aromatic nitrogens is 2. The number of hydrogen-bond donors (Lipinski definition) is 0. The van der Waals surface area contributed by atoms with E-state index < -0.39 is 0 Å². The van der Waals surface area contributed by atoms with Gasteiger partial charge in [-0.3, -0.25) is 9.78 Å². The Balaban J connectivity index is 1.27. The molecule has 0 radical (unpaired) electrons. The normalized spacial score (nSPS) is 15.5. The second-order valence-electron chi connectivity index (χ2n) is 8.67. The summed E-state index contributed by atoms with van der Waals surface area (Å²) in [5, 5.41) is 2.40. The van der Waals surface area contributed by atoms with E-state index in [0.717, 1.165) is 66.4 Å². The summed E-state index contributed by atoms with van der Waals surface area (Å²) in [4.78, 5) is 20.0. The van der Waals surface area contributed by atoms with E-state index in [1.165, 1.54) is 10.8 Å². The van der Waals surface area contributed by atoms with Crippen LogP contribution in [0.4, 0.5) is 5.69 Å². The lowest BCUT2D eigenvalue weighted by Crippen LogP contribution is -2.36. The van der Waals surface area contributed by atoms with Crippen LogP contribution in [0.2, 0.25) is 0 Å². The first-order valence-corrected chi connectivity index (χ1v) is 11.5. The van der Waals surface area contributed by atoms with E-state index in [2.05, 4.69) is 47.4 Å². The molecule has 5 heteroatoms. The smallest absolute Gasteiger partial charge is 0.251 e. The molecule has 164 valence electrons. The highest BCUT2D eigenvalue weighted by Gasteiger charge is 2.20. The molecule has 1 aliphatic carbocycles. The van der Waals surface area contributed by atoms with Crippen LogP contribution in [0.1, 0.15) is 22.4 Å². The third-order valence-electron chi connectivity index (χ3n) is 6.60. The molecule has 0 N–H and O–H groups in total. The van der Waals surface area contributed by atoms with Crippen molar-refractivity contribution in [3.8, 4) is 0 Å². The van der Waals surface area contributed by atoms with Gasteiger partial charge in [0.25, 0.3) is 5.56 Å². The van der Waals surface area contributed by atoms with Crippen molar-refractivity contribution in [2.75, 3.05) is 31.2 Å². The van der Waals surface area contributed by atoms with Crippen molar-refractivity contribution in [1.29, 1.82) is 0 Å². The second-order valence-corrected chi connectivity index (χ2v) is 8.67. The summed E-state index contributed by atoms with van der Waals surface area (Å²) in [6.45, 7) is 3.81. The Labute approximate surface area is 192 Å². The molecule has 1 saturated heterocycles. The summed E-state index contributed by atoms with van der Waals surface area (Å²) in [5.41, 5.74) is 6.50. The van der Waals surface area contributed by atoms with Crippen LogP contribution in [-0.2, 0) is 17.7 Å². The van der Waals surface area contributed by atoms with Crippen LogP contribution in [0.3, 0.4) is 0 Å². The van der Waals surface area contributed by atoms with Crippen LogP contribution in [0.15, 0.2) is 83.9 Å². The number of benzene rings is 2. The minimum atomic E-state index is 0.00676. The fourth-order valence-electron chi connectivity index (χ4n) is 4.79. The Kier molecular flexibility index (Phi) is 5.04. The van der Waals surface area contributed by atoms with Crippen LogP contribution < -0.4 is 10.5 Å². The molecule has 3 heterocycles. The Morgan fingerprint density at radius 2 is 1.79 bits per heavy atom. The van der Waals surface area contributed by atoms with Crippen LogP contribution >= 0.6 is 0 Å². The lowest BCUT2D eigenvalue weighted by molar-refractivity contribution is 0.122. The summed E-state index contributed by atoms with van der Waals surface area (Å²) in [5.74, 6) is 0. The first kappa shape index (κ1) is 19.9. The van der Waals surface area contributed by atoms with E-state index in [0.29, 0.717) is 6.54 Å². The first-order chi connectivity index (χ1) is 16.2. The molecule has 1 aliphatic heterocycles. The summed E-state index contributed by atoms with van der Waals surface area (Å²) in [6.07, 6.45) is 6.85. The Morgan fingerprint density at radius 1 is 0.939 bits per heavy atom. The highest BCUT2D eigenvalue weighted by molar-refractivity contribution is 5.85. The fourth-order valence-corrected chi connectivity index (χ4v) is 4.79. The number of fused-ring (bicyclic) bond motifs is 2. The van der Waals surface area contributed by atoms with E-state index in [9.17, 15) is 4.79 Å². The molecule has 5 nitrogen and oxygen atoms in total. The number of anilines is 1. The van der Waals surface area contributed by atoms with Crippen molar-refractivity contribution >= 4 is 22.0 Å². The number of hydrogen-bond acceptors (Lipinski definition) is 4. The summed E-state index contributed by atoms with van der Waals surface area (Å²) in [7, 11) is 0. The molecule has 2 aromatic carbocycles. The van der Waals surface area contributed by atoms with Crippen molar-refractivity contribution < 1.29 is 4.74 Å². The van der Waals surface area contributed by atoms with Crippen LogP contribution in [0.25, 0.3) is 16.3 Å². The van der Waals surface area contributed by atoms with Gasteiger partial charge in [-0.25, -0.2) is 0 Å². The van der Waals surface area contributed by atoms with Gasteiger partial charge in [-0.2, -0.15) is 0 Å². The summed E-state index contributed by atoms with van der Waals surface area (Å²) >= 11 is 0. The average Bonchev–Trinajstić information content (AvgIpc) is 3.29. The number of pyridine rings is 2. The molecule has 0 saturated carbocycles. The maximum absolute atomic E-state index is 13.0. The molecule has 0 spiro atoms. The number of morpholine rings is 1. The van der Waals surface area contributed by atoms with Gasteiger partial charge in [0.2, 0.25) is 0 Å². The van der Waals surface area contributed by atoms with Gasteiger partial charge in [-0.05, 0) is 45.7 Å². The zero-order valence-corrected chi connectivity index (χ0v) is 18.4. The molecule has 0 atom stereocenters. The topological polar surface area (TPSA) is 47.4 Å². The predicted molar refractivity (Wildman–Crippen MR) is 132 cm³/mol. The van der Waals surface area contributed by atoms with Crippen molar-refractivity contribution in [3.05, 3.63) is 112 Å². The molecule has 4 aromatic rings. The van der Waals surface area contributed by atoms with Crippen molar-refractivity contribution in [1.82, 2.24) is 9.55 Å². The van der Waals surface area contributed by atoms with Crippen LogP contribution in [0.5, 0.6) is 0 Å². The largest absolute Gasteiger partial charge is 0.378 e. The van der Waals surface area contributed by atoms with Gasteiger partial charge in [0.05, 0.1) is 37.3 Å². The molecule has 2 aromatic heterocycles. The quantitative estimate of drug-likeness (QED) is 0.480. The zero-order valence-electron chi connectivity index (χ0n) is 18.4. The summed E-state index contributed by atoms with van der Waals surface area (Å²) < 4.78 is 7.25. The standard InChI is InChI=1S/C28H25N3O2/c32-28-16-23(9-10-31(28)19-20-5-6-21-3-1-2-4-22(21)15-20)25-7-8-27-26(25)17-24(18-29-27)30-11-13-33-14-12-30/h1-7,9-10,15-18H,8,11-14,19H2. The third kappa shape index (κ3) is 3.85. The van der Waals surface area contributed by atoms with Gasteiger partial charge in [0, 0.05) is 37.3 Å². The molecule has 6 rings (SSSR count). The van der Waals surface area contributed by atoms with E-state index in [1.54, 1.807) is 10.6 Å². The second kappa shape index (κ2) is 8.34. The van der Waals surface area contributed by atoms with E-state index in [1.807, 2.05) is 30.6 Å². The molecule has 0 bridgehead atoms. The maximum Gasteiger partial charge on any atom is 0.251 e. The Morgan fingerprint density at radius 3 is 2.64 bits per heavy atom. The van der Waals surface area contributed by atoms with Crippen molar-refractivity contribution in [3.63, 3.8) is 0 Å². The van der Waals surface area contributed by atoms with Gasteiger partial charge in [0.15, 0.2) is 0 Å². The van der Waals surface area contributed by atoms with Crippen LogP contribution in [0, 0.1) is 0 Å². The van der Waals surface area contributed by atoms with Crippen LogP contribution in [-0.4, -0.2) is 35.9 Å². The van der Waals surface area contributed by atoms with Crippen molar-refractivity contribution in [2.45, 2.75) is 13.0 Å². The Hall–Kier alpha value is -3.70. The average molecular weight is 436 g/mol. The molecular formula is C28H25N3O2. The number of nitrogens with zero attached hydrogens (tertiary/aromatic N) is 3. The Bertz CT molecular complexity index is 1430. The molecule has 2 aliphatic rings. The molecular weight excluding hydrogens is 410 g/mol. The minimum absolute atomic E-state index is 0.00676. The highest BCUT2D eigenvalue weighted by Crippen LogP contribution is 2.33. The van der Waals surface area contributed by atoms with Gasteiger partial charge >= 0.3 is 0 Å². The fraction of sp³-hybridized carbons (Fsp3) is 0.214. The summed E-state index contributed by atoms with van der Waals surface area (Å²) in [6, 6.07) is 20.7. The SMILES string of the molecule is O=c1cc(C2=CCc3ncc(N4CCOCC4)cc32)ccn1Cc1ccc2ccccc2c1. The monoisotopic (exact) mass is 435 g/mol. The third-order valence-corrected chi connectivity index (χ3v) is 6.60. The number of allylic oxidation sites excluding steroid dienone is 1. The van der Waals surface area contributed by atoms with Gasteiger partial charge in [-0.15, -0.1) is 0 Å². The number of ether oxygens (including phenoxy) is 1. The lowest BCUT2D eigenvalue weighted by Gasteiger charge is -2.29. The van der Waals surface area contributed by atoms with Crippen molar-refractivity contribution in [2.24, 2.45) is 0 Å². The zero-order chi connectivity index (χ0) is 22.2. The predicted octanol–water partition coefficient (Wildman–Crippen LogP) is 4.27. The van der Waals surface area contributed by atoms with E-state index in [-0.39, 0.29) is 5.56 Å². The first-order valence-electron chi connectivity index (χ1n) is 11.5. The van der Waals surface area contributed by atoms with Gasteiger partial charge in [-0.1, -0.05) is 42.5 Å². The highest BCUT2D eigenvalue weighted by atomic mass is 16.5. The number of rotatable bonds is 4. The maximum atomic E-state index is 13.0. The molecule has 0 amide bonds. The molecule has 33 heavy (non-hydrogen) atoms. The molecule has 0 unspecified atom stereocenters. The van der Waals surface area contributed by atoms with E-state index >= 15 is 0 Å². The van der Waals surface area contributed by atoms with E-state index in [4.69, 9.17) is 9.72 Å². The van der Waals surface area contributed by atoms with Gasteiger partial charge in [0.1, 0.15) is 0 Å². The minimum Gasteiger partial charge on any atom is -0.378 e.